The Balaban J connectivity index is 1.46. The number of benzene rings is 2. The summed E-state index contributed by atoms with van der Waals surface area (Å²) < 4.78 is 18.9. The number of carbonyl (C=O) groups excluding carboxylic acids is 1. The van der Waals surface area contributed by atoms with Crippen LogP contribution in [0.25, 0.3) is 11.4 Å². The van der Waals surface area contributed by atoms with Crippen molar-refractivity contribution in [1.82, 2.24) is 14.9 Å². The van der Waals surface area contributed by atoms with E-state index in [1.165, 1.54) is 12.1 Å². The maximum absolute atomic E-state index is 14.0. The largest absolute Gasteiger partial charge is 0.497 e. The number of hydrogen-bond acceptors (Lipinski definition) is 4. The molecule has 5 rings (SSSR count). The molecule has 2 heterocycles. The van der Waals surface area contributed by atoms with E-state index in [4.69, 9.17) is 9.72 Å². The molecule has 0 N–H and O–H groups in total. The standard InChI is InChI=1S/C27H28FN3O2/c1-33-22-7-4-6-19(18-22)25-29-16-13-23(30-25)24-8-5-17-31(24)26(32)27(14-2-3-15-27)20-9-11-21(28)12-10-20/h4,6-7,9-13,16,18,24H,2-3,5,8,14-15,17H2,1H3. The van der Waals surface area contributed by atoms with Gasteiger partial charge < -0.3 is 9.64 Å². The number of halogens is 1. The molecule has 1 aliphatic heterocycles. The Kier molecular flexibility index (Phi) is 5.83. The number of aromatic nitrogens is 2. The number of likely N-dealkylation sites (tertiary alicyclic amines) is 1. The lowest BCUT2D eigenvalue weighted by atomic mass is 9.77. The van der Waals surface area contributed by atoms with E-state index < -0.39 is 5.41 Å². The summed E-state index contributed by atoms with van der Waals surface area (Å²) in [6.07, 6.45) is 7.21. The first-order valence-corrected chi connectivity index (χ1v) is 11.7. The van der Waals surface area contributed by atoms with E-state index >= 15 is 0 Å². The lowest BCUT2D eigenvalue weighted by Crippen LogP contribution is -2.45. The van der Waals surface area contributed by atoms with Gasteiger partial charge in [-0.05, 0) is 61.6 Å². The van der Waals surface area contributed by atoms with Crippen molar-refractivity contribution in [3.8, 4) is 17.1 Å². The summed E-state index contributed by atoms with van der Waals surface area (Å²) in [6.45, 7) is 0.713. The molecule has 1 unspecified atom stereocenters. The number of methoxy groups -OCH3 is 1. The zero-order valence-electron chi connectivity index (χ0n) is 18.8. The molecular weight excluding hydrogens is 417 g/mol. The second-order valence-electron chi connectivity index (χ2n) is 8.99. The predicted molar refractivity (Wildman–Crippen MR) is 124 cm³/mol. The minimum absolute atomic E-state index is 0.0808. The highest BCUT2D eigenvalue weighted by atomic mass is 19.1. The third-order valence-corrected chi connectivity index (χ3v) is 7.12. The molecule has 0 spiro atoms. The van der Waals surface area contributed by atoms with Gasteiger partial charge in [0.15, 0.2) is 5.82 Å². The number of carbonyl (C=O) groups is 1. The number of nitrogens with zero attached hydrogens (tertiary/aromatic N) is 3. The van der Waals surface area contributed by atoms with E-state index in [1.54, 1.807) is 25.4 Å². The molecule has 0 radical (unpaired) electrons. The molecule has 6 heteroatoms. The summed E-state index contributed by atoms with van der Waals surface area (Å²) in [6, 6.07) is 16.0. The van der Waals surface area contributed by atoms with Crippen LogP contribution in [-0.2, 0) is 10.2 Å². The Morgan fingerprint density at radius 3 is 2.64 bits per heavy atom. The second-order valence-corrected chi connectivity index (χ2v) is 8.99. The van der Waals surface area contributed by atoms with E-state index in [0.717, 1.165) is 61.1 Å². The third-order valence-electron chi connectivity index (χ3n) is 7.12. The average molecular weight is 446 g/mol. The van der Waals surface area contributed by atoms with Crippen LogP contribution in [0, 0.1) is 5.82 Å². The quantitative estimate of drug-likeness (QED) is 0.523. The molecule has 1 aliphatic carbocycles. The Bertz CT molecular complexity index is 1140. The molecule has 1 aromatic heterocycles. The van der Waals surface area contributed by atoms with Crippen LogP contribution in [0.2, 0.25) is 0 Å². The molecule has 33 heavy (non-hydrogen) atoms. The van der Waals surface area contributed by atoms with Crippen molar-refractivity contribution in [2.24, 2.45) is 0 Å². The van der Waals surface area contributed by atoms with E-state index in [2.05, 4.69) is 4.98 Å². The Labute approximate surface area is 193 Å². The fraction of sp³-hybridized carbons (Fsp3) is 0.370. The summed E-state index contributed by atoms with van der Waals surface area (Å²) in [7, 11) is 1.64. The second kappa shape index (κ2) is 8.93. The third kappa shape index (κ3) is 3.99. The van der Waals surface area contributed by atoms with Gasteiger partial charge in [0, 0.05) is 18.3 Å². The zero-order chi connectivity index (χ0) is 22.8. The molecule has 2 fully saturated rings. The maximum atomic E-state index is 14.0. The maximum Gasteiger partial charge on any atom is 0.233 e. The van der Waals surface area contributed by atoms with Gasteiger partial charge in [0.05, 0.1) is 24.3 Å². The van der Waals surface area contributed by atoms with Crippen LogP contribution >= 0.6 is 0 Å². The monoisotopic (exact) mass is 445 g/mol. The molecule has 0 bridgehead atoms. The van der Waals surface area contributed by atoms with E-state index in [-0.39, 0.29) is 17.8 Å². The molecular formula is C27H28FN3O2. The molecule has 1 saturated heterocycles. The van der Waals surface area contributed by atoms with Crippen molar-refractivity contribution in [3.63, 3.8) is 0 Å². The molecule has 1 atom stereocenters. The Morgan fingerprint density at radius 1 is 1.09 bits per heavy atom. The summed E-state index contributed by atoms with van der Waals surface area (Å²) in [5.74, 6) is 1.25. The highest BCUT2D eigenvalue weighted by molar-refractivity contribution is 5.89. The molecule has 2 aromatic carbocycles. The van der Waals surface area contributed by atoms with E-state index in [1.807, 2.05) is 35.2 Å². The molecule has 2 aliphatic rings. The van der Waals surface area contributed by atoms with E-state index in [0.29, 0.717) is 12.4 Å². The molecule has 3 aromatic rings. The first kappa shape index (κ1) is 21.6. The lowest BCUT2D eigenvalue weighted by molar-refractivity contribution is -0.138. The molecule has 5 nitrogen and oxygen atoms in total. The highest BCUT2D eigenvalue weighted by Gasteiger charge is 2.47. The van der Waals surface area contributed by atoms with Crippen molar-refractivity contribution in [2.45, 2.75) is 50.0 Å². The van der Waals surface area contributed by atoms with Crippen LogP contribution in [0.15, 0.2) is 60.8 Å². The predicted octanol–water partition coefficient (Wildman–Crippen LogP) is 5.47. The fourth-order valence-electron chi connectivity index (χ4n) is 5.43. The van der Waals surface area contributed by atoms with Crippen molar-refractivity contribution < 1.29 is 13.9 Å². The molecule has 170 valence electrons. The summed E-state index contributed by atoms with van der Waals surface area (Å²) >= 11 is 0. The van der Waals surface area contributed by atoms with Gasteiger partial charge in [-0.3, -0.25) is 4.79 Å². The Morgan fingerprint density at radius 2 is 1.88 bits per heavy atom. The first-order valence-electron chi connectivity index (χ1n) is 11.7. The number of hydrogen-bond donors (Lipinski definition) is 0. The lowest BCUT2D eigenvalue weighted by Gasteiger charge is -2.35. The molecule has 1 amide bonds. The van der Waals surface area contributed by atoms with Crippen LogP contribution in [0.1, 0.15) is 55.8 Å². The highest BCUT2D eigenvalue weighted by Crippen LogP contribution is 2.45. The summed E-state index contributed by atoms with van der Waals surface area (Å²) in [5.41, 5.74) is 2.10. The van der Waals surface area contributed by atoms with Gasteiger partial charge in [0.25, 0.3) is 0 Å². The van der Waals surface area contributed by atoms with Gasteiger partial charge in [-0.1, -0.05) is 37.1 Å². The normalized spacial score (nSPS) is 19.6. The minimum Gasteiger partial charge on any atom is -0.497 e. The number of ether oxygens (including phenoxy) is 1. The first-order chi connectivity index (χ1) is 16.1. The van der Waals surface area contributed by atoms with Gasteiger partial charge >= 0.3 is 0 Å². The smallest absolute Gasteiger partial charge is 0.233 e. The van der Waals surface area contributed by atoms with Crippen molar-refractivity contribution in [3.05, 3.63) is 77.9 Å². The Hall–Kier alpha value is -3.28. The number of amides is 1. The van der Waals surface area contributed by atoms with Gasteiger partial charge in [-0.15, -0.1) is 0 Å². The van der Waals surface area contributed by atoms with Crippen molar-refractivity contribution in [2.75, 3.05) is 13.7 Å². The van der Waals surface area contributed by atoms with Crippen LogP contribution in [0.3, 0.4) is 0 Å². The van der Waals surface area contributed by atoms with Crippen LogP contribution < -0.4 is 4.74 Å². The zero-order valence-corrected chi connectivity index (χ0v) is 18.8. The number of rotatable bonds is 5. The van der Waals surface area contributed by atoms with Gasteiger partial charge in [-0.2, -0.15) is 0 Å². The van der Waals surface area contributed by atoms with Crippen molar-refractivity contribution in [1.29, 1.82) is 0 Å². The topological polar surface area (TPSA) is 55.3 Å². The van der Waals surface area contributed by atoms with Crippen molar-refractivity contribution >= 4 is 5.91 Å². The SMILES string of the molecule is COc1cccc(-c2nccc(C3CCCN3C(=O)C3(c4ccc(F)cc4)CCCC3)n2)c1. The van der Waals surface area contributed by atoms with E-state index in [9.17, 15) is 9.18 Å². The fourth-order valence-corrected chi connectivity index (χ4v) is 5.43. The van der Waals surface area contributed by atoms with Gasteiger partial charge in [-0.25, -0.2) is 14.4 Å². The minimum atomic E-state index is -0.570. The van der Waals surface area contributed by atoms with Gasteiger partial charge in [0.1, 0.15) is 11.6 Å². The summed E-state index contributed by atoms with van der Waals surface area (Å²) in [4.78, 5) is 25.4. The van der Waals surface area contributed by atoms with Crippen LogP contribution in [0.4, 0.5) is 4.39 Å². The molecule has 1 saturated carbocycles. The average Bonchev–Trinajstić information content (AvgIpc) is 3.55. The van der Waals surface area contributed by atoms with Crippen LogP contribution in [0.5, 0.6) is 5.75 Å². The van der Waals surface area contributed by atoms with Crippen LogP contribution in [-0.4, -0.2) is 34.4 Å². The van der Waals surface area contributed by atoms with Gasteiger partial charge in [0.2, 0.25) is 5.91 Å². The summed E-state index contributed by atoms with van der Waals surface area (Å²) in [5, 5.41) is 0.